The van der Waals surface area contributed by atoms with Crippen LogP contribution in [0.2, 0.25) is 0 Å². The molecule has 104 valence electrons. The molecule has 0 saturated carbocycles. The first kappa shape index (κ1) is 14.3. The van der Waals surface area contributed by atoms with Crippen LogP contribution in [0, 0.1) is 5.92 Å². The van der Waals surface area contributed by atoms with Gasteiger partial charge in [0, 0.05) is 37.5 Å². The number of nitrogens with zero attached hydrogens (tertiary/aromatic N) is 1. The highest BCUT2D eigenvalue weighted by Gasteiger charge is 2.23. The quantitative estimate of drug-likeness (QED) is 0.665. The first-order valence-electron chi connectivity index (χ1n) is 6.34. The number of aromatic nitrogens is 2. The Morgan fingerprint density at radius 2 is 2.26 bits per heavy atom. The SMILES string of the molecule is Cl.OC1CNCC1CNCc1ccc2cn[nH]c2c1. The predicted octanol–water partition coefficient (Wildman–Crippen LogP) is 0.655. The molecule has 1 aromatic carbocycles. The highest BCUT2D eigenvalue weighted by Crippen LogP contribution is 2.13. The molecule has 3 rings (SSSR count). The fourth-order valence-electron chi connectivity index (χ4n) is 2.42. The van der Waals surface area contributed by atoms with Crippen molar-refractivity contribution in [1.29, 1.82) is 0 Å². The molecule has 0 aliphatic carbocycles. The van der Waals surface area contributed by atoms with Gasteiger partial charge in [0.1, 0.15) is 0 Å². The summed E-state index contributed by atoms with van der Waals surface area (Å²) in [5, 5.41) is 24.4. The molecule has 1 saturated heterocycles. The van der Waals surface area contributed by atoms with Crippen LogP contribution >= 0.6 is 12.4 Å². The third-order valence-corrected chi connectivity index (χ3v) is 3.55. The molecule has 0 spiro atoms. The Bertz CT molecular complexity index is 530. The monoisotopic (exact) mass is 282 g/mol. The van der Waals surface area contributed by atoms with Crippen LogP contribution in [0.4, 0.5) is 0 Å². The van der Waals surface area contributed by atoms with E-state index >= 15 is 0 Å². The van der Waals surface area contributed by atoms with Crippen LogP contribution in [0.15, 0.2) is 24.4 Å². The number of benzene rings is 1. The number of hydrogen-bond donors (Lipinski definition) is 4. The van der Waals surface area contributed by atoms with Gasteiger partial charge in [-0.1, -0.05) is 12.1 Å². The van der Waals surface area contributed by atoms with E-state index in [4.69, 9.17) is 0 Å². The van der Waals surface area contributed by atoms with Gasteiger partial charge >= 0.3 is 0 Å². The van der Waals surface area contributed by atoms with Gasteiger partial charge in [-0.3, -0.25) is 5.10 Å². The van der Waals surface area contributed by atoms with Crippen molar-refractivity contribution in [3.8, 4) is 0 Å². The van der Waals surface area contributed by atoms with Gasteiger partial charge in [-0.25, -0.2) is 0 Å². The standard InChI is InChI=1S/C13H18N4O.ClH/c18-13-8-15-6-11(13)5-14-4-9-1-2-10-7-16-17-12(10)3-9;/h1-3,7,11,13-15,18H,4-6,8H2,(H,16,17);1H. The number of rotatable bonds is 4. The molecular weight excluding hydrogens is 264 g/mol. The Morgan fingerprint density at radius 1 is 1.37 bits per heavy atom. The van der Waals surface area contributed by atoms with Crippen molar-refractivity contribution < 1.29 is 5.11 Å². The minimum atomic E-state index is -0.215. The zero-order valence-corrected chi connectivity index (χ0v) is 11.4. The smallest absolute Gasteiger partial charge is 0.0716 e. The molecule has 2 heterocycles. The first-order valence-corrected chi connectivity index (χ1v) is 6.34. The minimum absolute atomic E-state index is 0. The number of β-amino-alcohol motifs (C(OH)–C–C–N with tert-alkyl or cyclic N) is 1. The molecule has 2 aromatic rings. The average molecular weight is 283 g/mol. The number of halogens is 1. The summed E-state index contributed by atoms with van der Waals surface area (Å²) in [6.07, 6.45) is 1.61. The summed E-state index contributed by atoms with van der Waals surface area (Å²) >= 11 is 0. The number of fused-ring (bicyclic) bond motifs is 1. The van der Waals surface area contributed by atoms with Gasteiger partial charge in [-0.2, -0.15) is 5.10 Å². The molecule has 4 N–H and O–H groups in total. The molecule has 0 radical (unpaired) electrons. The number of aromatic amines is 1. The number of aliphatic hydroxyl groups is 1. The number of H-pyrrole nitrogens is 1. The molecule has 5 nitrogen and oxygen atoms in total. The molecule has 0 bridgehead atoms. The van der Waals surface area contributed by atoms with Gasteiger partial charge < -0.3 is 15.7 Å². The van der Waals surface area contributed by atoms with Crippen LogP contribution in [0.5, 0.6) is 0 Å². The number of nitrogens with one attached hydrogen (secondary N) is 3. The van der Waals surface area contributed by atoms with E-state index in [-0.39, 0.29) is 18.5 Å². The van der Waals surface area contributed by atoms with Crippen LogP contribution < -0.4 is 10.6 Å². The maximum absolute atomic E-state index is 9.68. The molecule has 1 aromatic heterocycles. The van der Waals surface area contributed by atoms with Crippen molar-refractivity contribution in [2.24, 2.45) is 5.92 Å². The largest absolute Gasteiger partial charge is 0.391 e. The van der Waals surface area contributed by atoms with Crippen molar-refractivity contribution >= 4 is 23.3 Å². The Morgan fingerprint density at radius 3 is 3.05 bits per heavy atom. The topological polar surface area (TPSA) is 73.0 Å². The van der Waals surface area contributed by atoms with E-state index in [9.17, 15) is 5.11 Å². The molecule has 1 aliphatic rings. The normalized spacial score (nSPS) is 22.6. The van der Waals surface area contributed by atoms with E-state index in [0.29, 0.717) is 12.5 Å². The number of hydrogen-bond acceptors (Lipinski definition) is 4. The maximum Gasteiger partial charge on any atom is 0.0716 e. The Kier molecular flexibility index (Phi) is 4.76. The first-order chi connectivity index (χ1) is 8.83. The zero-order valence-electron chi connectivity index (χ0n) is 10.6. The van der Waals surface area contributed by atoms with Crippen LogP contribution in [0.25, 0.3) is 10.9 Å². The lowest BCUT2D eigenvalue weighted by Gasteiger charge is -2.14. The lowest BCUT2D eigenvalue weighted by Crippen LogP contribution is -2.30. The second-order valence-electron chi connectivity index (χ2n) is 4.91. The van der Waals surface area contributed by atoms with Crippen molar-refractivity contribution in [3.63, 3.8) is 0 Å². The maximum atomic E-state index is 9.68. The van der Waals surface area contributed by atoms with E-state index in [0.717, 1.165) is 30.5 Å². The van der Waals surface area contributed by atoms with Gasteiger partial charge in [0.2, 0.25) is 0 Å². The van der Waals surface area contributed by atoms with E-state index < -0.39 is 0 Å². The van der Waals surface area contributed by atoms with E-state index in [1.807, 2.05) is 6.20 Å². The van der Waals surface area contributed by atoms with Crippen molar-refractivity contribution in [2.75, 3.05) is 19.6 Å². The molecule has 2 atom stereocenters. The summed E-state index contributed by atoms with van der Waals surface area (Å²) in [4.78, 5) is 0. The average Bonchev–Trinajstić information content (AvgIpc) is 2.98. The van der Waals surface area contributed by atoms with Gasteiger partial charge in [-0.15, -0.1) is 12.4 Å². The molecule has 2 unspecified atom stereocenters. The van der Waals surface area contributed by atoms with Crippen LogP contribution in [0.1, 0.15) is 5.56 Å². The highest BCUT2D eigenvalue weighted by molar-refractivity contribution is 5.85. The van der Waals surface area contributed by atoms with Gasteiger partial charge in [0.05, 0.1) is 17.8 Å². The van der Waals surface area contributed by atoms with E-state index in [1.165, 1.54) is 5.56 Å². The summed E-state index contributed by atoms with van der Waals surface area (Å²) in [6, 6.07) is 6.29. The van der Waals surface area contributed by atoms with Gasteiger partial charge in [-0.05, 0) is 11.6 Å². The van der Waals surface area contributed by atoms with Gasteiger partial charge in [0.25, 0.3) is 0 Å². The lowest BCUT2D eigenvalue weighted by atomic mass is 10.1. The summed E-state index contributed by atoms with van der Waals surface area (Å²) < 4.78 is 0. The number of aliphatic hydroxyl groups excluding tert-OH is 1. The molecule has 1 aliphatic heterocycles. The summed E-state index contributed by atoms with van der Waals surface area (Å²) in [6.45, 7) is 3.27. The molecule has 0 amide bonds. The Hall–Kier alpha value is -1.14. The van der Waals surface area contributed by atoms with Crippen LogP contribution in [-0.4, -0.2) is 41.0 Å². The Balaban J connectivity index is 0.00000133. The predicted molar refractivity (Wildman–Crippen MR) is 77.4 cm³/mol. The summed E-state index contributed by atoms with van der Waals surface area (Å²) in [5.74, 6) is 0.320. The van der Waals surface area contributed by atoms with Crippen LogP contribution in [-0.2, 0) is 6.54 Å². The summed E-state index contributed by atoms with van der Waals surface area (Å²) in [7, 11) is 0. The molecule has 6 heteroatoms. The third kappa shape index (κ3) is 3.25. The fraction of sp³-hybridized carbons (Fsp3) is 0.462. The van der Waals surface area contributed by atoms with E-state index in [1.54, 1.807) is 0 Å². The molecular formula is C13H19ClN4O. The van der Waals surface area contributed by atoms with E-state index in [2.05, 4.69) is 39.0 Å². The molecule has 1 fully saturated rings. The zero-order chi connectivity index (χ0) is 12.4. The third-order valence-electron chi connectivity index (χ3n) is 3.55. The van der Waals surface area contributed by atoms with Crippen molar-refractivity contribution in [1.82, 2.24) is 20.8 Å². The van der Waals surface area contributed by atoms with Crippen molar-refractivity contribution in [2.45, 2.75) is 12.6 Å². The Labute approximate surface area is 118 Å². The second kappa shape index (κ2) is 6.34. The van der Waals surface area contributed by atoms with Crippen molar-refractivity contribution in [3.05, 3.63) is 30.0 Å². The minimum Gasteiger partial charge on any atom is -0.391 e. The molecule has 19 heavy (non-hydrogen) atoms. The summed E-state index contributed by atoms with van der Waals surface area (Å²) in [5.41, 5.74) is 2.30. The lowest BCUT2D eigenvalue weighted by molar-refractivity contribution is 0.146. The second-order valence-corrected chi connectivity index (χ2v) is 4.91. The van der Waals surface area contributed by atoms with Gasteiger partial charge in [0.15, 0.2) is 0 Å². The highest BCUT2D eigenvalue weighted by atomic mass is 35.5. The van der Waals surface area contributed by atoms with Crippen LogP contribution in [0.3, 0.4) is 0 Å². The fourth-order valence-corrected chi connectivity index (χ4v) is 2.42.